The number of pyridine rings is 1. The Morgan fingerprint density at radius 2 is 1.78 bits per heavy atom. The van der Waals surface area contributed by atoms with Crippen LogP contribution >= 0.6 is 0 Å². The molecule has 0 N–H and O–H groups in total. The Labute approximate surface area is 158 Å². The molecule has 4 rings (SSSR count). The summed E-state index contributed by atoms with van der Waals surface area (Å²) in [6, 6.07) is 17.9. The van der Waals surface area contributed by atoms with Crippen molar-refractivity contribution in [2.24, 2.45) is 0 Å². The van der Waals surface area contributed by atoms with Gasteiger partial charge in [-0.3, -0.25) is 9.88 Å². The van der Waals surface area contributed by atoms with Gasteiger partial charge in [0.2, 0.25) is 17.5 Å². The lowest BCUT2D eigenvalue weighted by Crippen LogP contribution is -2.47. The predicted molar refractivity (Wildman–Crippen MR) is 103 cm³/mol. The molecule has 0 spiro atoms. The summed E-state index contributed by atoms with van der Waals surface area (Å²) in [6.07, 6.45) is 2.79. The molecule has 0 saturated carbocycles. The lowest BCUT2D eigenvalue weighted by atomic mass is 10.2. The summed E-state index contributed by atoms with van der Waals surface area (Å²) in [7, 11) is 0. The van der Waals surface area contributed by atoms with Crippen LogP contribution in [0.25, 0.3) is 11.5 Å². The quantitative estimate of drug-likeness (QED) is 0.698. The zero-order valence-corrected chi connectivity index (χ0v) is 15.1. The fraction of sp³-hybridized carbons (Fsp3) is 0.286. The van der Waals surface area contributed by atoms with Gasteiger partial charge < -0.3 is 9.32 Å². The molecule has 3 aromatic rings. The summed E-state index contributed by atoms with van der Waals surface area (Å²) in [6.45, 7) is 4.49. The van der Waals surface area contributed by atoms with Crippen molar-refractivity contribution < 1.29 is 4.42 Å². The highest BCUT2D eigenvalue weighted by molar-refractivity contribution is 5.59. The molecule has 1 aliphatic heterocycles. The van der Waals surface area contributed by atoms with E-state index < -0.39 is 0 Å². The van der Waals surface area contributed by atoms with Gasteiger partial charge in [-0.15, -0.1) is 0 Å². The van der Waals surface area contributed by atoms with Gasteiger partial charge in [0.15, 0.2) is 0 Å². The summed E-state index contributed by atoms with van der Waals surface area (Å²) in [5.41, 5.74) is 2.36. The molecule has 0 aliphatic carbocycles. The van der Waals surface area contributed by atoms with Gasteiger partial charge in [0.05, 0.1) is 0 Å². The minimum atomic E-state index is 0.357. The van der Waals surface area contributed by atoms with E-state index in [2.05, 4.69) is 31.9 Å². The Kier molecular flexibility index (Phi) is 5.13. The summed E-state index contributed by atoms with van der Waals surface area (Å²) in [5.74, 6) is 1.08. The number of oxazole rings is 1. The van der Waals surface area contributed by atoms with Crippen LogP contribution in [-0.4, -0.2) is 47.6 Å². The zero-order chi connectivity index (χ0) is 18.5. The highest BCUT2D eigenvalue weighted by Crippen LogP contribution is 2.28. The number of rotatable bonds is 5. The Hall–Kier alpha value is -3.17. The summed E-state index contributed by atoms with van der Waals surface area (Å²) in [5, 5.41) is 9.46. The summed E-state index contributed by atoms with van der Waals surface area (Å²) < 4.78 is 5.96. The Morgan fingerprint density at radius 1 is 1.00 bits per heavy atom. The van der Waals surface area contributed by atoms with E-state index in [0.29, 0.717) is 17.5 Å². The molecule has 0 amide bonds. The second-order valence-electron chi connectivity index (χ2n) is 6.55. The first kappa shape index (κ1) is 17.3. The van der Waals surface area contributed by atoms with Gasteiger partial charge in [0, 0.05) is 56.6 Å². The van der Waals surface area contributed by atoms with Crippen LogP contribution < -0.4 is 4.90 Å². The van der Waals surface area contributed by atoms with Crippen LogP contribution in [0.4, 0.5) is 5.88 Å². The van der Waals surface area contributed by atoms with E-state index >= 15 is 0 Å². The second kappa shape index (κ2) is 8.02. The van der Waals surface area contributed by atoms with Crippen molar-refractivity contribution in [2.75, 3.05) is 37.6 Å². The molecule has 6 nitrogen and oxygen atoms in total. The van der Waals surface area contributed by atoms with Crippen molar-refractivity contribution in [1.29, 1.82) is 5.26 Å². The van der Waals surface area contributed by atoms with E-state index in [1.165, 1.54) is 0 Å². The van der Waals surface area contributed by atoms with E-state index in [4.69, 9.17) is 4.42 Å². The van der Waals surface area contributed by atoms with E-state index in [1.807, 2.05) is 48.7 Å². The van der Waals surface area contributed by atoms with Crippen LogP contribution in [-0.2, 0) is 6.42 Å². The molecule has 27 heavy (non-hydrogen) atoms. The van der Waals surface area contributed by atoms with E-state index in [1.54, 1.807) is 0 Å². The fourth-order valence-corrected chi connectivity index (χ4v) is 3.30. The van der Waals surface area contributed by atoms with Crippen molar-refractivity contribution in [3.63, 3.8) is 0 Å². The zero-order valence-electron chi connectivity index (χ0n) is 15.1. The third-order valence-electron chi connectivity index (χ3n) is 4.81. The first-order valence-corrected chi connectivity index (χ1v) is 9.17. The minimum absolute atomic E-state index is 0.357. The monoisotopic (exact) mass is 359 g/mol. The van der Waals surface area contributed by atoms with Crippen molar-refractivity contribution in [3.8, 4) is 17.5 Å². The molecule has 6 heteroatoms. The number of aromatic nitrogens is 2. The topological polar surface area (TPSA) is 69.2 Å². The molecule has 2 aromatic heterocycles. The standard InChI is InChI=1S/C21H21N5O/c22-16-19-21(27-20(24-19)17-6-2-1-3-7-17)26-14-12-25(13-15-26)11-9-18-8-4-5-10-23-18/h1-8,10H,9,11-15H2. The van der Waals surface area contributed by atoms with Crippen LogP contribution in [0.2, 0.25) is 0 Å². The minimum Gasteiger partial charge on any atom is -0.419 e. The van der Waals surface area contributed by atoms with Crippen molar-refractivity contribution in [2.45, 2.75) is 6.42 Å². The van der Waals surface area contributed by atoms with Gasteiger partial charge in [-0.1, -0.05) is 24.3 Å². The second-order valence-corrected chi connectivity index (χ2v) is 6.55. The van der Waals surface area contributed by atoms with Crippen molar-refractivity contribution >= 4 is 5.88 Å². The molecule has 1 fully saturated rings. The molecule has 136 valence electrons. The molecule has 0 bridgehead atoms. The average Bonchev–Trinajstić information content (AvgIpc) is 3.18. The smallest absolute Gasteiger partial charge is 0.235 e. The van der Waals surface area contributed by atoms with E-state index in [9.17, 15) is 5.26 Å². The fourth-order valence-electron chi connectivity index (χ4n) is 3.30. The number of piperazine rings is 1. The highest BCUT2D eigenvalue weighted by atomic mass is 16.4. The van der Waals surface area contributed by atoms with Crippen LogP contribution in [0.15, 0.2) is 59.1 Å². The SMILES string of the molecule is N#Cc1nc(-c2ccccc2)oc1N1CCN(CCc2ccccn2)CC1. The van der Waals surface area contributed by atoms with E-state index in [-0.39, 0.29) is 0 Å². The van der Waals surface area contributed by atoms with Crippen LogP contribution in [0.3, 0.4) is 0 Å². The molecular formula is C21H21N5O. The number of hydrogen-bond acceptors (Lipinski definition) is 6. The molecule has 1 saturated heterocycles. The molecule has 3 heterocycles. The van der Waals surface area contributed by atoms with Crippen LogP contribution in [0.5, 0.6) is 0 Å². The third-order valence-corrected chi connectivity index (χ3v) is 4.81. The molecule has 1 aromatic carbocycles. The first-order chi connectivity index (χ1) is 13.3. The van der Waals surface area contributed by atoms with Crippen LogP contribution in [0, 0.1) is 11.3 Å². The van der Waals surface area contributed by atoms with Gasteiger partial charge in [-0.05, 0) is 24.3 Å². The predicted octanol–water partition coefficient (Wildman–Crippen LogP) is 2.97. The van der Waals surface area contributed by atoms with E-state index in [0.717, 1.165) is 50.4 Å². The average molecular weight is 359 g/mol. The maximum atomic E-state index is 9.46. The van der Waals surface area contributed by atoms with Gasteiger partial charge in [-0.2, -0.15) is 10.2 Å². The van der Waals surface area contributed by atoms with Gasteiger partial charge in [-0.25, -0.2) is 0 Å². The highest BCUT2D eigenvalue weighted by Gasteiger charge is 2.24. The number of nitriles is 1. The summed E-state index contributed by atoms with van der Waals surface area (Å²) in [4.78, 5) is 13.3. The number of anilines is 1. The molecule has 0 radical (unpaired) electrons. The summed E-state index contributed by atoms with van der Waals surface area (Å²) >= 11 is 0. The number of benzene rings is 1. The largest absolute Gasteiger partial charge is 0.419 e. The molecule has 1 aliphatic rings. The van der Waals surface area contributed by atoms with Crippen molar-refractivity contribution in [1.82, 2.24) is 14.9 Å². The maximum Gasteiger partial charge on any atom is 0.235 e. The molecule has 0 atom stereocenters. The third kappa shape index (κ3) is 3.99. The Balaban J connectivity index is 1.39. The van der Waals surface area contributed by atoms with Crippen LogP contribution in [0.1, 0.15) is 11.4 Å². The molecular weight excluding hydrogens is 338 g/mol. The normalized spacial score (nSPS) is 14.9. The molecule has 0 unspecified atom stereocenters. The van der Waals surface area contributed by atoms with Gasteiger partial charge in [0.25, 0.3) is 0 Å². The number of nitrogens with zero attached hydrogens (tertiary/aromatic N) is 5. The van der Waals surface area contributed by atoms with Gasteiger partial charge in [0.1, 0.15) is 6.07 Å². The van der Waals surface area contributed by atoms with Gasteiger partial charge >= 0.3 is 0 Å². The lowest BCUT2D eigenvalue weighted by Gasteiger charge is -2.34. The first-order valence-electron chi connectivity index (χ1n) is 9.17. The maximum absolute atomic E-state index is 9.46. The Bertz CT molecular complexity index is 909. The number of hydrogen-bond donors (Lipinski definition) is 0. The Morgan fingerprint density at radius 3 is 2.48 bits per heavy atom. The van der Waals surface area contributed by atoms with Crippen molar-refractivity contribution in [3.05, 3.63) is 66.1 Å². The lowest BCUT2D eigenvalue weighted by molar-refractivity contribution is 0.256.